The molecule has 130 valence electrons. The monoisotopic (exact) mass is 342 g/mol. The number of carbonyl (C=O) groups excluding carboxylic acids is 1. The molecule has 1 heterocycles. The minimum atomic E-state index is -5.65. The Balaban J connectivity index is 1.85. The van der Waals surface area contributed by atoms with Crippen molar-refractivity contribution in [1.29, 1.82) is 0 Å². The van der Waals surface area contributed by atoms with E-state index in [4.69, 9.17) is 4.74 Å². The molecule has 5 atom stereocenters. The molecule has 3 aliphatic rings. The van der Waals surface area contributed by atoms with Crippen molar-refractivity contribution >= 4 is 6.29 Å². The maximum Gasteiger partial charge on any atom is 0.409 e. The summed E-state index contributed by atoms with van der Waals surface area (Å²) in [6.45, 7) is 0. The summed E-state index contributed by atoms with van der Waals surface area (Å²) in [4.78, 5) is 10.9. The smallest absolute Gasteiger partial charge is 0.409 e. The van der Waals surface area contributed by atoms with Crippen LogP contribution in [0, 0.1) is 29.1 Å². The molecular weight excluding hydrogens is 326 g/mol. The van der Waals surface area contributed by atoms with E-state index in [9.17, 15) is 31.1 Å². The first kappa shape index (κ1) is 16.6. The Morgan fingerprint density at radius 1 is 1.04 bits per heavy atom. The van der Waals surface area contributed by atoms with E-state index in [0.717, 1.165) is 6.42 Å². The maximum atomic E-state index is 13.1. The fraction of sp³-hybridized carbons (Fsp3) is 0.800. The lowest BCUT2D eigenvalue weighted by Crippen LogP contribution is -2.53. The fourth-order valence-electron chi connectivity index (χ4n) is 4.65. The summed E-state index contributed by atoms with van der Waals surface area (Å²) in [5, 5.41) is 0. The van der Waals surface area contributed by atoms with Crippen molar-refractivity contribution in [3.8, 4) is 0 Å². The number of aldehydes is 1. The average Bonchev–Trinajstić information content (AvgIpc) is 3.00. The summed E-state index contributed by atoms with van der Waals surface area (Å²) in [5.74, 6) is -0.908. The van der Waals surface area contributed by atoms with Gasteiger partial charge < -0.3 is 9.53 Å². The van der Waals surface area contributed by atoms with E-state index in [1.165, 1.54) is 6.26 Å². The van der Waals surface area contributed by atoms with Crippen molar-refractivity contribution in [2.45, 2.75) is 44.1 Å². The van der Waals surface area contributed by atoms with Gasteiger partial charge in [-0.2, -0.15) is 26.3 Å². The fourth-order valence-corrected chi connectivity index (χ4v) is 4.65. The zero-order valence-corrected chi connectivity index (χ0v) is 12.0. The van der Waals surface area contributed by atoms with Gasteiger partial charge in [-0.15, -0.1) is 0 Å². The zero-order chi connectivity index (χ0) is 17.0. The Kier molecular flexibility index (Phi) is 3.72. The van der Waals surface area contributed by atoms with Gasteiger partial charge in [-0.1, -0.05) is 0 Å². The van der Waals surface area contributed by atoms with Crippen molar-refractivity contribution in [1.82, 2.24) is 0 Å². The van der Waals surface area contributed by atoms with Gasteiger partial charge in [-0.3, -0.25) is 0 Å². The van der Waals surface area contributed by atoms with E-state index in [1.54, 1.807) is 0 Å². The molecule has 1 aliphatic heterocycles. The van der Waals surface area contributed by atoms with Crippen LogP contribution in [0.25, 0.3) is 0 Å². The third kappa shape index (κ3) is 2.36. The number of alkyl halides is 6. The van der Waals surface area contributed by atoms with Crippen molar-refractivity contribution in [3.05, 3.63) is 12.3 Å². The van der Waals surface area contributed by atoms with Gasteiger partial charge in [0.2, 0.25) is 5.41 Å². The molecule has 2 bridgehead atoms. The van der Waals surface area contributed by atoms with Crippen LogP contribution in [0.3, 0.4) is 0 Å². The minimum Gasteiger partial charge on any atom is -0.498 e. The summed E-state index contributed by atoms with van der Waals surface area (Å²) in [5.41, 5.74) is -4.28. The van der Waals surface area contributed by atoms with E-state index in [2.05, 4.69) is 0 Å². The van der Waals surface area contributed by atoms with Crippen LogP contribution in [0.2, 0.25) is 0 Å². The molecule has 2 nitrogen and oxygen atoms in total. The van der Waals surface area contributed by atoms with Crippen molar-refractivity contribution in [2.75, 3.05) is 0 Å². The quantitative estimate of drug-likeness (QED) is 0.566. The highest BCUT2D eigenvalue weighted by atomic mass is 19.4. The van der Waals surface area contributed by atoms with Gasteiger partial charge in [0.25, 0.3) is 0 Å². The molecule has 2 saturated carbocycles. The Morgan fingerprint density at radius 3 is 2.26 bits per heavy atom. The highest BCUT2D eigenvalue weighted by Crippen LogP contribution is 2.61. The molecule has 3 rings (SSSR count). The van der Waals surface area contributed by atoms with Crippen LogP contribution in [-0.4, -0.2) is 24.7 Å². The third-order valence-corrected chi connectivity index (χ3v) is 5.77. The lowest BCUT2D eigenvalue weighted by molar-refractivity contribution is -0.326. The van der Waals surface area contributed by atoms with Gasteiger partial charge in [0, 0.05) is 5.92 Å². The lowest BCUT2D eigenvalue weighted by atomic mass is 9.70. The number of carbonyl (C=O) groups is 1. The van der Waals surface area contributed by atoms with Crippen molar-refractivity contribution in [3.63, 3.8) is 0 Å². The average molecular weight is 342 g/mol. The number of hydrogen-bond donors (Lipinski definition) is 0. The van der Waals surface area contributed by atoms with Gasteiger partial charge >= 0.3 is 12.4 Å². The molecule has 0 saturated heterocycles. The molecule has 8 heteroatoms. The third-order valence-electron chi connectivity index (χ3n) is 5.77. The molecular formula is C15H16F6O2. The second-order valence-electron chi connectivity index (χ2n) is 6.82. The Labute approximate surface area is 128 Å². The van der Waals surface area contributed by atoms with Gasteiger partial charge in [0.05, 0.1) is 6.26 Å². The standard InChI is InChI=1S/C15H16F6O2/c16-14(17,18)13(7-22,15(19,20)21)6-9-4-8-5-11(9)12-10(8)2-1-3-23-12/h1,3,7-12H,2,4-6H2. The predicted octanol–water partition coefficient (Wildman–Crippen LogP) is 4.26. The van der Waals surface area contributed by atoms with Crippen LogP contribution >= 0.6 is 0 Å². The molecule has 2 aliphatic carbocycles. The van der Waals surface area contributed by atoms with Gasteiger partial charge in [-0.25, -0.2) is 0 Å². The molecule has 0 amide bonds. The number of ether oxygens (including phenoxy) is 1. The summed E-state index contributed by atoms with van der Waals surface area (Å²) < 4.78 is 84.1. The molecule has 0 N–H and O–H groups in total. The highest BCUT2D eigenvalue weighted by Gasteiger charge is 2.72. The van der Waals surface area contributed by atoms with Gasteiger partial charge in [0.1, 0.15) is 12.4 Å². The predicted molar refractivity (Wildman–Crippen MR) is 67.0 cm³/mol. The first-order chi connectivity index (χ1) is 10.6. The number of rotatable bonds is 3. The van der Waals surface area contributed by atoms with E-state index < -0.39 is 36.4 Å². The van der Waals surface area contributed by atoms with E-state index >= 15 is 0 Å². The van der Waals surface area contributed by atoms with E-state index in [0.29, 0.717) is 12.8 Å². The minimum absolute atomic E-state index is 0.0748. The number of fused-ring (bicyclic) bond motifs is 5. The summed E-state index contributed by atoms with van der Waals surface area (Å²) >= 11 is 0. The molecule has 2 fully saturated rings. The van der Waals surface area contributed by atoms with Gasteiger partial charge in [-0.05, 0) is 49.5 Å². The topological polar surface area (TPSA) is 26.3 Å². The normalized spacial score (nSPS) is 36.7. The summed E-state index contributed by atoms with van der Waals surface area (Å²) in [7, 11) is 0. The molecule has 0 radical (unpaired) electrons. The van der Waals surface area contributed by atoms with Gasteiger partial charge in [0.15, 0.2) is 0 Å². The maximum absolute atomic E-state index is 13.1. The lowest BCUT2D eigenvalue weighted by Gasteiger charge is -2.41. The molecule has 0 spiro atoms. The van der Waals surface area contributed by atoms with Crippen LogP contribution in [0.1, 0.15) is 25.7 Å². The van der Waals surface area contributed by atoms with Crippen LogP contribution in [0.5, 0.6) is 0 Å². The van der Waals surface area contributed by atoms with Crippen molar-refractivity contribution in [2.24, 2.45) is 29.1 Å². The highest BCUT2D eigenvalue weighted by molar-refractivity contribution is 5.62. The Hall–Kier alpha value is -1.21. The molecule has 23 heavy (non-hydrogen) atoms. The zero-order valence-electron chi connectivity index (χ0n) is 12.0. The second-order valence-corrected chi connectivity index (χ2v) is 6.82. The molecule has 0 aromatic carbocycles. The van der Waals surface area contributed by atoms with E-state index in [1.807, 2.05) is 6.08 Å². The second kappa shape index (κ2) is 5.14. The van der Waals surface area contributed by atoms with Crippen molar-refractivity contribution < 1.29 is 35.9 Å². The largest absolute Gasteiger partial charge is 0.498 e. The SMILES string of the molecule is O=CC(CC1CC2CC1C1OC=CCC21)(C(F)(F)F)C(F)(F)F. The van der Waals surface area contributed by atoms with Crippen LogP contribution in [0.4, 0.5) is 26.3 Å². The van der Waals surface area contributed by atoms with E-state index in [-0.39, 0.29) is 23.9 Å². The first-order valence-electron chi connectivity index (χ1n) is 7.51. The van der Waals surface area contributed by atoms with Crippen LogP contribution in [-0.2, 0) is 9.53 Å². The number of halogens is 6. The van der Waals surface area contributed by atoms with Crippen LogP contribution < -0.4 is 0 Å². The summed E-state index contributed by atoms with van der Waals surface area (Å²) in [6.07, 6.45) is -8.90. The summed E-state index contributed by atoms with van der Waals surface area (Å²) in [6, 6.07) is 0. The number of allylic oxidation sites excluding steroid dienone is 1. The Morgan fingerprint density at radius 2 is 1.70 bits per heavy atom. The molecule has 0 aromatic heterocycles. The Bertz CT molecular complexity index is 495. The number of hydrogen-bond acceptors (Lipinski definition) is 2. The first-order valence-corrected chi connectivity index (χ1v) is 7.51. The molecule has 0 aromatic rings. The molecule has 5 unspecified atom stereocenters. The van der Waals surface area contributed by atoms with Crippen LogP contribution in [0.15, 0.2) is 12.3 Å².